The van der Waals surface area contributed by atoms with Crippen molar-refractivity contribution in [2.45, 2.75) is 25.7 Å². The fourth-order valence-electron chi connectivity index (χ4n) is 2.69. The minimum atomic E-state index is -0.883. The van der Waals surface area contributed by atoms with Crippen molar-refractivity contribution in [1.82, 2.24) is 4.90 Å². The molecule has 0 aromatic heterocycles. The van der Waals surface area contributed by atoms with E-state index in [4.69, 9.17) is 5.11 Å². The first kappa shape index (κ1) is 15.4. The Bertz CT molecular complexity index is 540. The number of fused-ring (bicyclic) bond motifs is 1. The second-order valence-electron chi connectivity index (χ2n) is 5.63. The van der Waals surface area contributed by atoms with Gasteiger partial charge in [0.15, 0.2) is 0 Å². The predicted octanol–water partition coefficient (Wildman–Crippen LogP) is 2.01. The lowest BCUT2D eigenvalue weighted by Crippen LogP contribution is -2.31. The Labute approximate surface area is 125 Å². The highest BCUT2D eigenvalue weighted by Crippen LogP contribution is 2.28. The van der Waals surface area contributed by atoms with E-state index in [1.165, 1.54) is 0 Å². The summed E-state index contributed by atoms with van der Waals surface area (Å²) in [6, 6.07) is 5.32. The molecule has 0 saturated carbocycles. The first-order valence-corrected chi connectivity index (χ1v) is 7.30. The first-order valence-electron chi connectivity index (χ1n) is 7.30. The molecule has 1 heterocycles. The quantitative estimate of drug-likeness (QED) is 0.901. The molecule has 0 atom stereocenters. The van der Waals surface area contributed by atoms with Crippen molar-refractivity contribution >= 4 is 17.6 Å². The van der Waals surface area contributed by atoms with Crippen LogP contribution in [-0.4, -0.2) is 49.1 Å². The third-order valence-electron chi connectivity index (χ3n) is 3.86. The summed E-state index contributed by atoms with van der Waals surface area (Å²) in [5.41, 5.74) is 2.56. The Hall–Kier alpha value is -2.04. The standard InChI is InChI=1S/C16H22N2O3/c1-17(2)15(19)6-4-10-18-9-3-5-12-11-13(16(20)21)7-8-14(12)18/h7-8,11H,3-6,9-10H2,1-2H3,(H,20,21). The number of carbonyl (C=O) groups is 2. The molecule has 0 aliphatic carbocycles. The third-order valence-corrected chi connectivity index (χ3v) is 3.86. The summed E-state index contributed by atoms with van der Waals surface area (Å²) in [4.78, 5) is 26.5. The number of nitrogens with zero attached hydrogens (tertiary/aromatic N) is 2. The van der Waals surface area contributed by atoms with Crippen molar-refractivity contribution in [2.24, 2.45) is 0 Å². The maximum absolute atomic E-state index is 11.6. The Balaban J connectivity index is 2.01. The predicted molar refractivity (Wildman–Crippen MR) is 81.9 cm³/mol. The molecule has 21 heavy (non-hydrogen) atoms. The second-order valence-corrected chi connectivity index (χ2v) is 5.63. The lowest BCUT2D eigenvalue weighted by Gasteiger charge is -2.31. The van der Waals surface area contributed by atoms with Gasteiger partial charge in [0.1, 0.15) is 0 Å². The lowest BCUT2D eigenvalue weighted by molar-refractivity contribution is -0.128. The van der Waals surface area contributed by atoms with Gasteiger partial charge in [-0.15, -0.1) is 0 Å². The van der Waals surface area contributed by atoms with Crippen molar-refractivity contribution in [3.8, 4) is 0 Å². The number of hydrogen-bond acceptors (Lipinski definition) is 3. The molecule has 1 N–H and O–H groups in total. The average Bonchev–Trinajstić information content (AvgIpc) is 2.46. The first-order chi connectivity index (χ1) is 9.99. The number of carboxylic acid groups (broad SMARTS) is 1. The molecule has 0 saturated heterocycles. The molecule has 1 aromatic carbocycles. The molecule has 0 bridgehead atoms. The number of rotatable bonds is 5. The highest BCUT2D eigenvalue weighted by molar-refractivity contribution is 5.88. The van der Waals surface area contributed by atoms with Crippen LogP contribution in [0.4, 0.5) is 5.69 Å². The Morgan fingerprint density at radius 3 is 2.76 bits per heavy atom. The van der Waals surface area contributed by atoms with Gasteiger partial charge in [-0.1, -0.05) is 0 Å². The highest BCUT2D eigenvalue weighted by Gasteiger charge is 2.18. The molecule has 5 heteroatoms. The minimum absolute atomic E-state index is 0.147. The van der Waals surface area contributed by atoms with Crippen LogP contribution in [0.2, 0.25) is 0 Å². The molecular formula is C16H22N2O3. The van der Waals surface area contributed by atoms with E-state index in [2.05, 4.69) is 4.90 Å². The van der Waals surface area contributed by atoms with Crippen LogP contribution in [-0.2, 0) is 11.2 Å². The van der Waals surface area contributed by atoms with E-state index in [0.29, 0.717) is 12.0 Å². The van der Waals surface area contributed by atoms with Crippen molar-refractivity contribution in [2.75, 3.05) is 32.1 Å². The Morgan fingerprint density at radius 1 is 1.33 bits per heavy atom. The number of benzene rings is 1. The lowest BCUT2D eigenvalue weighted by atomic mass is 9.99. The molecule has 1 aliphatic heterocycles. The second kappa shape index (κ2) is 6.61. The van der Waals surface area contributed by atoms with Crippen LogP contribution in [0, 0.1) is 0 Å². The molecule has 0 radical (unpaired) electrons. The van der Waals surface area contributed by atoms with Crippen molar-refractivity contribution in [3.63, 3.8) is 0 Å². The van der Waals surface area contributed by atoms with E-state index in [0.717, 1.165) is 43.6 Å². The van der Waals surface area contributed by atoms with Crippen LogP contribution in [0.5, 0.6) is 0 Å². The highest BCUT2D eigenvalue weighted by atomic mass is 16.4. The van der Waals surface area contributed by atoms with E-state index in [-0.39, 0.29) is 5.91 Å². The molecule has 5 nitrogen and oxygen atoms in total. The van der Waals surface area contributed by atoms with Crippen LogP contribution in [0.3, 0.4) is 0 Å². The molecular weight excluding hydrogens is 268 g/mol. The fourth-order valence-corrected chi connectivity index (χ4v) is 2.69. The largest absolute Gasteiger partial charge is 0.478 e. The molecule has 0 spiro atoms. The van der Waals surface area contributed by atoms with Gasteiger partial charge in [0.25, 0.3) is 0 Å². The van der Waals surface area contributed by atoms with E-state index in [1.54, 1.807) is 31.1 Å². The minimum Gasteiger partial charge on any atom is -0.478 e. The number of carbonyl (C=O) groups excluding carboxylic acids is 1. The Kier molecular flexibility index (Phi) is 4.83. The number of amides is 1. The zero-order valence-corrected chi connectivity index (χ0v) is 12.6. The van der Waals surface area contributed by atoms with Crippen LogP contribution >= 0.6 is 0 Å². The summed E-state index contributed by atoms with van der Waals surface area (Å²) < 4.78 is 0. The zero-order chi connectivity index (χ0) is 15.4. The summed E-state index contributed by atoms with van der Waals surface area (Å²) in [5.74, 6) is -0.736. The van der Waals surface area contributed by atoms with Crippen LogP contribution in [0.1, 0.15) is 35.2 Å². The SMILES string of the molecule is CN(C)C(=O)CCCN1CCCc2cc(C(=O)O)ccc21. The van der Waals surface area contributed by atoms with Crippen molar-refractivity contribution in [1.29, 1.82) is 0 Å². The number of anilines is 1. The number of aromatic carboxylic acids is 1. The number of carboxylic acids is 1. The van der Waals surface area contributed by atoms with Crippen molar-refractivity contribution in [3.05, 3.63) is 29.3 Å². The molecule has 1 amide bonds. The van der Waals surface area contributed by atoms with Crippen molar-refractivity contribution < 1.29 is 14.7 Å². The maximum Gasteiger partial charge on any atom is 0.335 e. The molecule has 0 unspecified atom stereocenters. The number of aryl methyl sites for hydroxylation is 1. The van der Waals surface area contributed by atoms with E-state index >= 15 is 0 Å². The zero-order valence-electron chi connectivity index (χ0n) is 12.6. The van der Waals surface area contributed by atoms with E-state index in [1.807, 2.05) is 6.07 Å². The fraction of sp³-hybridized carbons (Fsp3) is 0.500. The normalized spacial score (nSPS) is 13.7. The van der Waals surface area contributed by atoms with Crippen LogP contribution < -0.4 is 4.90 Å². The summed E-state index contributed by atoms with van der Waals surface area (Å²) >= 11 is 0. The molecule has 0 fully saturated rings. The van der Waals surface area contributed by atoms with Gasteiger partial charge in [-0.05, 0) is 43.0 Å². The van der Waals surface area contributed by atoms with Gasteiger partial charge in [0.05, 0.1) is 5.56 Å². The van der Waals surface area contributed by atoms with Gasteiger partial charge < -0.3 is 14.9 Å². The van der Waals surface area contributed by atoms with Gasteiger partial charge in [-0.2, -0.15) is 0 Å². The van der Waals surface area contributed by atoms with Gasteiger partial charge in [0, 0.05) is 39.3 Å². The monoisotopic (exact) mass is 290 g/mol. The topological polar surface area (TPSA) is 60.9 Å². The number of hydrogen-bond donors (Lipinski definition) is 1. The van der Waals surface area contributed by atoms with Crippen LogP contribution in [0.15, 0.2) is 18.2 Å². The molecule has 114 valence electrons. The van der Waals surface area contributed by atoms with Gasteiger partial charge in [-0.25, -0.2) is 4.79 Å². The summed E-state index contributed by atoms with van der Waals surface area (Å²) in [7, 11) is 3.54. The van der Waals surface area contributed by atoms with E-state index in [9.17, 15) is 9.59 Å². The smallest absolute Gasteiger partial charge is 0.335 e. The average molecular weight is 290 g/mol. The summed E-state index contributed by atoms with van der Waals surface area (Å²) in [6.07, 6.45) is 3.31. The molecule has 2 rings (SSSR count). The van der Waals surface area contributed by atoms with Gasteiger partial charge in [0.2, 0.25) is 5.91 Å². The van der Waals surface area contributed by atoms with Gasteiger partial charge >= 0.3 is 5.97 Å². The van der Waals surface area contributed by atoms with Crippen LogP contribution in [0.25, 0.3) is 0 Å². The summed E-state index contributed by atoms with van der Waals surface area (Å²) in [6.45, 7) is 1.80. The van der Waals surface area contributed by atoms with E-state index < -0.39 is 5.97 Å². The van der Waals surface area contributed by atoms with Gasteiger partial charge in [-0.3, -0.25) is 4.79 Å². The molecule has 1 aromatic rings. The summed E-state index contributed by atoms with van der Waals surface area (Å²) in [5, 5.41) is 9.05. The third kappa shape index (κ3) is 3.74. The molecule has 1 aliphatic rings. The maximum atomic E-state index is 11.6. The Morgan fingerprint density at radius 2 is 2.10 bits per heavy atom.